The minimum absolute atomic E-state index is 0.0345. The van der Waals surface area contributed by atoms with Crippen molar-refractivity contribution in [3.63, 3.8) is 0 Å². The molecular formula is C20H22ClF3NO4PS. The number of alkyl halides is 3. The maximum Gasteiger partial charge on any atom is 0.416 e. The van der Waals surface area contributed by atoms with Crippen molar-refractivity contribution in [3.8, 4) is 5.75 Å². The third-order valence-corrected chi connectivity index (χ3v) is 6.93. The van der Waals surface area contributed by atoms with Crippen LogP contribution in [0.15, 0.2) is 58.8 Å². The molecule has 0 unspecified atom stereocenters. The number of phenols is 1. The Labute approximate surface area is 187 Å². The first kappa shape index (κ1) is 25.8. The van der Waals surface area contributed by atoms with Crippen molar-refractivity contribution in [1.29, 1.82) is 0 Å². The molecule has 31 heavy (non-hydrogen) atoms. The van der Waals surface area contributed by atoms with Gasteiger partial charge in [0.1, 0.15) is 5.75 Å². The second kappa shape index (κ2) is 9.98. The maximum absolute atomic E-state index is 12.9. The van der Waals surface area contributed by atoms with Crippen molar-refractivity contribution in [2.45, 2.75) is 40.8 Å². The molecule has 2 rings (SSSR count). The maximum atomic E-state index is 12.9. The van der Waals surface area contributed by atoms with Crippen LogP contribution in [0.2, 0.25) is 5.02 Å². The lowest BCUT2D eigenvalue weighted by atomic mass is 9.91. The molecule has 1 atom stereocenters. The van der Waals surface area contributed by atoms with Gasteiger partial charge in [-0.2, -0.15) is 13.2 Å². The average Bonchev–Trinajstić information content (AvgIpc) is 2.60. The number of halogens is 4. The second-order valence-corrected chi connectivity index (χ2v) is 10.4. The van der Waals surface area contributed by atoms with Crippen LogP contribution in [0.3, 0.4) is 0 Å². The molecule has 0 radical (unpaired) electrons. The Morgan fingerprint density at radius 3 is 2.42 bits per heavy atom. The molecule has 0 aliphatic rings. The van der Waals surface area contributed by atoms with E-state index in [2.05, 4.69) is 6.58 Å². The Hall–Kier alpha value is -1.48. The van der Waals surface area contributed by atoms with Crippen LogP contribution in [0.25, 0.3) is 0 Å². The van der Waals surface area contributed by atoms with Gasteiger partial charge in [-0.25, -0.2) is 0 Å². The van der Waals surface area contributed by atoms with Crippen molar-refractivity contribution < 1.29 is 32.6 Å². The highest BCUT2D eigenvalue weighted by Gasteiger charge is 2.32. The fourth-order valence-corrected chi connectivity index (χ4v) is 5.39. The Morgan fingerprint density at radius 2 is 1.87 bits per heavy atom. The lowest BCUT2D eigenvalue weighted by Crippen LogP contribution is -2.43. The number of benzene rings is 2. The normalized spacial score (nSPS) is 14.3. The molecule has 170 valence electrons. The van der Waals surface area contributed by atoms with E-state index in [0.717, 1.165) is 30.0 Å². The monoisotopic (exact) mass is 495 g/mol. The number of aryl methyl sites for hydroxylation is 1. The topological polar surface area (TPSA) is 104 Å². The predicted octanol–water partition coefficient (Wildman–Crippen LogP) is 5.60. The molecule has 5 N–H and O–H groups in total. The average molecular weight is 496 g/mol. The van der Waals surface area contributed by atoms with Crippen LogP contribution in [0.1, 0.15) is 24.0 Å². The van der Waals surface area contributed by atoms with Gasteiger partial charge in [0.05, 0.1) is 16.6 Å². The lowest BCUT2D eigenvalue weighted by molar-refractivity contribution is -0.137. The van der Waals surface area contributed by atoms with Crippen LogP contribution in [-0.4, -0.2) is 26.6 Å². The number of phenolic OH excluding ortho intramolecular Hbond substituents is 1. The van der Waals surface area contributed by atoms with Gasteiger partial charge in [-0.05, 0) is 55.2 Å². The summed E-state index contributed by atoms with van der Waals surface area (Å²) in [4.78, 5) is 19.1. The van der Waals surface area contributed by atoms with Gasteiger partial charge in [-0.15, -0.1) is 6.58 Å². The Bertz CT molecular complexity index is 999. The zero-order valence-corrected chi connectivity index (χ0v) is 18.7. The number of rotatable bonds is 9. The largest absolute Gasteiger partial charge is 0.507 e. The molecule has 5 nitrogen and oxygen atoms in total. The molecule has 0 aromatic heterocycles. The van der Waals surface area contributed by atoms with Crippen molar-refractivity contribution in [3.05, 3.63) is 65.2 Å². The number of nitrogens with two attached hydrogens (primary N) is 1. The highest BCUT2D eigenvalue weighted by Crippen LogP contribution is 2.42. The van der Waals surface area contributed by atoms with Crippen LogP contribution in [0.4, 0.5) is 13.2 Å². The number of hydrogen-bond acceptors (Lipinski definition) is 4. The van der Waals surface area contributed by atoms with Crippen LogP contribution in [-0.2, 0) is 17.2 Å². The minimum atomic E-state index is -4.53. The van der Waals surface area contributed by atoms with E-state index in [4.69, 9.17) is 17.3 Å². The van der Waals surface area contributed by atoms with Gasteiger partial charge in [-0.1, -0.05) is 35.5 Å². The van der Waals surface area contributed by atoms with E-state index in [9.17, 15) is 32.6 Å². The molecule has 0 bridgehead atoms. The molecule has 0 aliphatic heterocycles. The number of hydrogen-bond donors (Lipinski definition) is 4. The molecule has 0 aliphatic carbocycles. The van der Waals surface area contributed by atoms with E-state index in [1.807, 2.05) is 0 Å². The van der Waals surface area contributed by atoms with Gasteiger partial charge in [0.15, 0.2) is 0 Å². The zero-order valence-electron chi connectivity index (χ0n) is 16.3. The first-order chi connectivity index (χ1) is 14.2. The molecule has 0 fully saturated rings. The lowest BCUT2D eigenvalue weighted by Gasteiger charge is -2.29. The summed E-state index contributed by atoms with van der Waals surface area (Å²) in [6.45, 7) is 3.58. The molecule has 0 amide bonds. The van der Waals surface area contributed by atoms with Crippen LogP contribution in [0, 0.1) is 0 Å². The predicted molar refractivity (Wildman–Crippen MR) is 116 cm³/mol. The minimum Gasteiger partial charge on any atom is -0.507 e. The summed E-state index contributed by atoms with van der Waals surface area (Å²) in [7, 11) is -4.33. The highest BCUT2D eigenvalue weighted by molar-refractivity contribution is 7.99. The summed E-state index contributed by atoms with van der Waals surface area (Å²) in [6.07, 6.45) is -2.74. The smallest absolute Gasteiger partial charge is 0.416 e. The van der Waals surface area contributed by atoms with E-state index in [1.165, 1.54) is 6.08 Å². The standard InChI is InChI=1S/C20H22ClF3NO4PS/c1-2-8-19(25,12-30(27,28)29)9-7-13-3-5-15(11-16(13)21)31-18-10-14(20(22,23)24)4-6-17(18)26/h2-6,10-11,26H,1,7-9,12,25H2,(H2,27,28,29)/t19-/m0/s1. The van der Waals surface area contributed by atoms with Crippen LogP contribution in [0.5, 0.6) is 5.75 Å². The van der Waals surface area contributed by atoms with Gasteiger partial charge in [-0.3, -0.25) is 4.57 Å². The SMILES string of the molecule is C=CC[C@](N)(CCc1ccc(Sc2cc(C(F)(F)F)ccc2O)cc1Cl)CP(=O)(O)O. The Kier molecular flexibility index (Phi) is 8.30. The molecule has 0 spiro atoms. The van der Waals surface area contributed by atoms with Crippen LogP contribution >= 0.6 is 31.0 Å². The van der Waals surface area contributed by atoms with Crippen molar-refractivity contribution in [1.82, 2.24) is 0 Å². The Morgan fingerprint density at radius 1 is 1.19 bits per heavy atom. The summed E-state index contributed by atoms with van der Waals surface area (Å²) in [5.74, 6) is -0.284. The Balaban J connectivity index is 2.17. The van der Waals surface area contributed by atoms with E-state index in [-0.39, 0.29) is 23.5 Å². The summed E-state index contributed by atoms with van der Waals surface area (Å²) in [5.41, 5.74) is 4.81. The summed E-state index contributed by atoms with van der Waals surface area (Å²) in [6, 6.07) is 7.51. The van der Waals surface area contributed by atoms with E-state index in [1.54, 1.807) is 18.2 Å². The molecular weight excluding hydrogens is 474 g/mol. The van der Waals surface area contributed by atoms with E-state index < -0.39 is 31.0 Å². The third-order valence-electron chi connectivity index (χ3n) is 4.50. The molecule has 11 heteroatoms. The van der Waals surface area contributed by atoms with Gasteiger partial charge in [0.25, 0.3) is 0 Å². The summed E-state index contributed by atoms with van der Waals surface area (Å²) in [5, 5.41) is 10.2. The quantitative estimate of drug-likeness (QED) is 0.267. The molecule has 0 saturated heterocycles. The first-order valence-corrected chi connectivity index (χ1v) is 12.0. The van der Waals surface area contributed by atoms with Gasteiger partial charge >= 0.3 is 13.8 Å². The van der Waals surface area contributed by atoms with Gasteiger partial charge in [0, 0.05) is 15.5 Å². The summed E-state index contributed by atoms with van der Waals surface area (Å²) >= 11 is 7.24. The van der Waals surface area contributed by atoms with Crippen molar-refractivity contribution in [2.75, 3.05) is 6.16 Å². The van der Waals surface area contributed by atoms with Gasteiger partial charge < -0.3 is 20.6 Å². The van der Waals surface area contributed by atoms with Crippen molar-refractivity contribution >= 4 is 31.0 Å². The molecule has 0 heterocycles. The number of aromatic hydroxyl groups is 1. The fourth-order valence-electron chi connectivity index (χ4n) is 3.02. The van der Waals surface area contributed by atoms with Crippen molar-refractivity contribution in [2.24, 2.45) is 5.73 Å². The summed E-state index contributed by atoms with van der Waals surface area (Å²) < 4.78 is 50.1. The van der Waals surface area contributed by atoms with E-state index in [0.29, 0.717) is 21.9 Å². The van der Waals surface area contributed by atoms with Gasteiger partial charge in [0.2, 0.25) is 0 Å². The second-order valence-electron chi connectivity index (χ2n) is 7.21. The fraction of sp³-hybridized carbons (Fsp3) is 0.300. The molecule has 2 aromatic carbocycles. The van der Waals surface area contributed by atoms with Crippen LogP contribution < -0.4 is 5.73 Å². The first-order valence-electron chi connectivity index (χ1n) is 9.03. The van der Waals surface area contributed by atoms with E-state index >= 15 is 0 Å². The molecule has 0 saturated carbocycles. The third kappa shape index (κ3) is 7.86. The molecule has 2 aromatic rings. The zero-order chi connectivity index (χ0) is 23.4. The highest BCUT2D eigenvalue weighted by atomic mass is 35.5.